The molecule has 0 bridgehead atoms. The fraction of sp³-hybridized carbons (Fsp3) is 0.250. The SMILES string of the molecule is O=C(OC1(F)C=CC(c2ccccc2)=C(F)C1C(=O)N1CCOCC1)c1ccccc1. The van der Waals surface area contributed by atoms with E-state index in [1.165, 1.54) is 23.1 Å². The first-order valence-electron chi connectivity index (χ1n) is 9.98. The zero-order valence-electron chi connectivity index (χ0n) is 16.7. The molecule has 2 atom stereocenters. The molecule has 7 heteroatoms. The van der Waals surface area contributed by atoms with Crippen LogP contribution in [0.4, 0.5) is 8.78 Å². The summed E-state index contributed by atoms with van der Waals surface area (Å²) in [6.45, 7) is 0.952. The predicted molar refractivity (Wildman–Crippen MR) is 110 cm³/mol. The Bertz CT molecular complexity index is 1020. The molecule has 0 aromatic heterocycles. The van der Waals surface area contributed by atoms with Gasteiger partial charge in [0.05, 0.1) is 18.8 Å². The van der Waals surface area contributed by atoms with Crippen LogP contribution in [0.5, 0.6) is 0 Å². The lowest BCUT2D eigenvalue weighted by atomic mass is 9.86. The number of esters is 1. The van der Waals surface area contributed by atoms with E-state index in [1.54, 1.807) is 48.5 Å². The highest BCUT2D eigenvalue weighted by Gasteiger charge is 2.52. The van der Waals surface area contributed by atoms with Gasteiger partial charge in [0.15, 0.2) is 5.92 Å². The highest BCUT2D eigenvalue weighted by Crippen LogP contribution is 2.42. The van der Waals surface area contributed by atoms with Crippen molar-refractivity contribution in [2.45, 2.75) is 5.85 Å². The van der Waals surface area contributed by atoms with Crippen LogP contribution in [-0.4, -0.2) is 48.9 Å². The maximum Gasteiger partial charge on any atom is 0.341 e. The van der Waals surface area contributed by atoms with Gasteiger partial charge < -0.3 is 14.4 Å². The van der Waals surface area contributed by atoms with Crippen molar-refractivity contribution in [3.8, 4) is 0 Å². The van der Waals surface area contributed by atoms with Crippen molar-refractivity contribution in [3.05, 3.63) is 89.8 Å². The van der Waals surface area contributed by atoms with Crippen LogP contribution in [0.1, 0.15) is 15.9 Å². The van der Waals surface area contributed by atoms with E-state index in [-0.39, 0.29) is 37.4 Å². The molecule has 2 aromatic rings. The Balaban J connectivity index is 1.71. The number of alkyl halides is 1. The van der Waals surface area contributed by atoms with Gasteiger partial charge in [0.1, 0.15) is 5.83 Å². The number of morpholine rings is 1. The van der Waals surface area contributed by atoms with Crippen molar-refractivity contribution in [3.63, 3.8) is 0 Å². The van der Waals surface area contributed by atoms with E-state index in [0.717, 1.165) is 6.08 Å². The number of allylic oxidation sites excluding steroid dienone is 2. The van der Waals surface area contributed by atoms with Crippen molar-refractivity contribution < 1.29 is 27.8 Å². The number of hydrogen-bond donors (Lipinski definition) is 0. The minimum Gasteiger partial charge on any atom is -0.420 e. The van der Waals surface area contributed by atoms with Gasteiger partial charge in [0, 0.05) is 18.7 Å². The Hall–Kier alpha value is -3.32. The minimum absolute atomic E-state index is 0.0799. The number of carbonyl (C=O) groups is 2. The maximum absolute atomic E-state index is 16.0. The van der Waals surface area contributed by atoms with Crippen LogP contribution in [-0.2, 0) is 14.3 Å². The molecule has 0 N–H and O–H groups in total. The smallest absolute Gasteiger partial charge is 0.341 e. The number of hydrogen-bond acceptors (Lipinski definition) is 4. The van der Waals surface area contributed by atoms with E-state index in [0.29, 0.717) is 5.56 Å². The lowest BCUT2D eigenvalue weighted by Crippen LogP contribution is -2.51. The number of nitrogens with zero attached hydrogens (tertiary/aromatic N) is 1. The molecule has 0 saturated carbocycles. The Morgan fingerprint density at radius 2 is 1.61 bits per heavy atom. The number of benzene rings is 2. The monoisotopic (exact) mass is 425 g/mol. The zero-order chi connectivity index (χ0) is 21.8. The van der Waals surface area contributed by atoms with Crippen LogP contribution in [0.3, 0.4) is 0 Å². The van der Waals surface area contributed by atoms with E-state index in [9.17, 15) is 9.59 Å². The van der Waals surface area contributed by atoms with Crippen molar-refractivity contribution in [1.82, 2.24) is 4.90 Å². The first-order valence-corrected chi connectivity index (χ1v) is 9.98. The first kappa shape index (κ1) is 20.9. The molecule has 0 spiro atoms. The largest absolute Gasteiger partial charge is 0.420 e. The van der Waals surface area contributed by atoms with Gasteiger partial charge in [0.25, 0.3) is 5.85 Å². The molecule has 1 saturated heterocycles. The van der Waals surface area contributed by atoms with Gasteiger partial charge in [-0.1, -0.05) is 48.5 Å². The molecule has 160 valence electrons. The third kappa shape index (κ3) is 4.27. The second-order valence-electron chi connectivity index (χ2n) is 7.28. The summed E-state index contributed by atoms with van der Waals surface area (Å²) in [6, 6.07) is 16.3. The Morgan fingerprint density at radius 3 is 2.26 bits per heavy atom. The average Bonchev–Trinajstić information content (AvgIpc) is 2.80. The highest BCUT2D eigenvalue weighted by atomic mass is 19.2. The number of rotatable bonds is 4. The fourth-order valence-corrected chi connectivity index (χ4v) is 3.66. The van der Waals surface area contributed by atoms with Gasteiger partial charge in [-0.3, -0.25) is 4.79 Å². The molecular weight excluding hydrogens is 404 g/mol. The predicted octanol–water partition coefficient (Wildman–Crippen LogP) is 3.93. The highest BCUT2D eigenvalue weighted by molar-refractivity contribution is 5.92. The maximum atomic E-state index is 16.0. The van der Waals surface area contributed by atoms with Crippen molar-refractivity contribution in [1.29, 1.82) is 0 Å². The Kier molecular flexibility index (Phi) is 5.95. The average molecular weight is 425 g/mol. The van der Waals surface area contributed by atoms with Crippen LogP contribution in [0.25, 0.3) is 5.57 Å². The van der Waals surface area contributed by atoms with E-state index in [4.69, 9.17) is 9.47 Å². The summed E-state index contributed by atoms with van der Waals surface area (Å²) in [6.07, 6.45) is 2.16. The molecule has 5 nitrogen and oxygen atoms in total. The molecular formula is C24H21F2NO4. The third-order valence-corrected chi connectivity index (χ3v) is 5.29. The lowest BCUT2D eigenvalue weighted by Gasteiger charge is -2.36. The standard InChI is InChI=1S/C24H21F2NO4/c25-21-19(17-7-3-1-4-8-17)11-12-24(26,31-23(29)18-9-5-2-6-10-18)20(21)22(28)27-13-15-30-16-14-27/h1-12,20H,13-16H2. The second-order valence-corrected chi connectivity index (χ2v) is 7.28. The molecule has 1 heterocycles. The molecule has 1 amide bonds. The normalized spacial score (nSPS) is 23.5. The summed E-state index contributed by atoms with van der Waals surface area (Å²) >= 11 is 0. The summed E-state index contributed by atoms with van der Waals surface area (Å²) in [7, 11) is 0. The topological polar surface area (TPSA) is 55.8 Å². The van der Waals surface area contributed by atoms with Gasteiger partial charge >= 0.3 is 5.97 Å². The van der Waals surface area contributed by atoms with Crippen LogP contribution in [0, 0.1) is 5.92 Å². The molecule has 1 aliphatic heterocycles. The van der Waals surface area contributed by atoms with Gasteiger partial charge in [0.2, 0.25) is 5.91 Å². The van der Waals surface area contributed by atoms with Crippen molar-refractivity contribution in [2.75, 3.05) is 26.3 Å². The molecule has 0 radical (unpaired) electrons. The summed E-state index contributed by atoms with van der Waals surface area (Å²) in [5.41, 5.74) is 0.674. The lowest BCUT2D eigenvalue weighted by molar-refractivity contribution is -0.157. The third-order valence-electron chi connectivity index (χ3n) is 5.29. The Labute approximate surface area is 178 Å². The molecule has 2 unspecified atom stereocenters. The Morgan fingerprint density at radius 1 is 1.00 bits per heavy atom. The summed E-state index contributed by atoms with van der Waals surface area (Å²) in [5, 5.41) is 0. The van der Waals surface area contributed by atoms with E-state index < -0.39 is 29.5 Å². The fourth-order valence-electron chi connectivity index (χ4n) is 3.66. The first-order chi connectivity index (χ1) is 15.0. The number of ether oxygens (including phenoxy) is 2. The second kappa shape index (κ2) is 8.81. The molecule has 2 aliphatic rings. The molecule has 4 rings (SSSR count). The van der Waals surface area contributed by atoms with Crippen molar-refractivity contribution >= 4 is 17.4 Å². The molecule has 2 aromatic carbocycles. The number of carbonyl (C=O) groups excluding carboxylic acids is 2. The van der Waals surface area contributed by atoms with Crippen LogP contribution >= 0.6 is 0 Å². The zero-order valence-corrected chi connectivity index (χ0v) is 16.7. The van der Waals surface area contributed by atoms with Gasteiger partial charge in [-0.05, 0) is 29.8 Å². The number of halogens is 2. The van der Waals surface area contributed by atoms with Crippen LogP contribution < -0.4 is 0 Å². The molecule has 1 aliphatic carbocycles. The van der Waals surface area contributed by atoms with Gasteiger partial charge in [-0.25, -0.2) is 9.18 Å². The van der Waals surface area contributed by atoms with Crippen LogP contribution in [0.15, 0.2) is 78.6 Å². The molecule has 31 heavy (non-hydrogen) atoms. The minimum atomic E-state index is -2.97. The summed E-state index contributed by atoms with van der Waals surface area (Å²) in [5.74, 6) is -7.66. The van der Waals surface area contributed by atoms with Crippen molar-refractivity contribution in [2.24, 2.45) is 5.92 Å². The molecule has 1 fully saturated rings. The summed E-state index contributed by atoms with van der Waals surface area (Å²) < 4.78 is 42.0. The summed E-state index contributed by atoms with van der Waals surface area (Å²) in [4.78, 5) is 27.1. The van der Waals surface area contributed by atoms with E-state index >= 15 is 8.78 Å². The van der Waals surface area contributed by atoms with E-state index in [1.807, 2.05) is 0 Å². The quantitative estimate of drug-likeness (QED) is 0.697. The van der Waals surface area contributed by atoms with Gasteiger partial charge in [-0.15, -0.1) is 0 Å². The number of amides is 1. The van der Waals surface area contributed by atoms with Crippen LogP contribution in [0.2, 0.25) is 0 Å². The van der Waals surface area contributed by atoms with Gasteiger partial charge in [-0.2, -0.15) is 4.39 Å². The van der Waals surface area contributed by atoms with E-state index in [2.05, 4.69) is 0 Å².